The molecule has 0 radical (unpaired) electrons. The summed E-state index contributed by atoms with van der Waals surface area (Å²) in [6.45, 7) is -0.603. The Kier molecular flexibility index (Phi) is 6.72. The summed E-state index contributed by atoms with van der Waals surface area (Å²) in [4.78, 5) is 28.8. The summed E-state index contributed by atoms with van der Waals surface area (Å²) in [5, 5.41) is 8.39. The lowest BCUT2D eigenvalue weighted by molar-refractivity contribution is -0.173. The average Bonchev–Trinajstić information content (AvgIpc) is 3.09. The molecule has 2 aliphatic rings. The molecule has 2 aromatic heterocycles. The fraction of sp³-hybridized carbons (Fsp3) is 0.500. The molecule has 8 nitrogen and oxygen atoms in total. The third kappa shape index (κ3) is 5.23. The van der Waals surface area contributed by atoms with Gasteiger partial charge < -0.3 is 15.5 Å². The normalized spacial score (nSPS) is 19.4. The predicted molar refractivity (Wildman–Crippen MR) is 113 cm³/mol. The Labute approximate surface area is 203 Å². The molecule has 2 aliphatic heterocycles. The lowest BCUT2D eigenvalue weighted by atomic mass is 9.98. The van der Waals surface area contributed by atoms with Gasteiger partial charge in [0.1, 0.15) is 10.3 Å². The average molecular weight is 569 g/mol. The van der Waals surface area contributed by atoms with E-state index in [0.717, 1.165) is 4.68 Å². The van der Waals surface area contributed by atoms with Gasteiger partial charge in [0.2, 0.25) is 0 Å². The zero-order chi connectivity index (χ0) is 25.5. The number of hydrogen-bond donors (Lipinski definition) is 2. The number of rotatable bonds is 3. The van der Waals surface area contributed by atoms with E-state index in [1.54, 1.807) is 5.32 Å². The first-order valence-corrected chi connectivity index (χ1v) is 11.3. The Balaban J connectivity index is 1.52. The van der Waals surface area contributed by atoms with Crippen LogP contribution in [0.5, 0.6) is 0 Å². The van der Waals surface area contributed by atoms with Crippen LogP contribution >= 0.6 is 15.9 Å². The van der Waals surface area contributed by atoms with E-state index >= 15 is 8.78 Å². The van der Waals surface area contributed by atoms with Crippen LogP contribution in [-0.2, 0) is 30.2 Å². The number of anilines is 1. The van der Waals surface area contributed by atoms with Crippen molar-refractivity contribution < 1.29 is 35.9 Å². The number of nitrogens with one attached hydrogen (secondary N) is 2. The van der Waals surface area contributed by atoms with Crippen molar-refractivity contribution in [1.82, 2.24) is 25.0 Å². The van der Waals surface area contributed by atoms with E-state index in [1.165, 1.54) is 17.2 Å². The predicted octanol–water partition coefficient (Wildman–Crippen LogP) is 3.95. The number of hydrogen-bond acceptors (Lipinski definition) is 4. The smallest absolute Gasteiger partial charge is 0.348 e. The molecule has 4 heterocycles. The van der Waals surface area contributed by atoms with E-state index < -0.39 is 54.4 Å². The molecule has 4 rings (SSSR count). The Morgan fingerprint density at radius 1 is 1.29 bits per heavy atom. The first-order valence-electron chi connectivity index (χ1n) is 10.5. The van der Waals surface area contributed by atoms with Crippen molar-refractivity contribution in [3.05, 3.63) is 39.6 Å². The molecule has 35 heavy (non-hydrogen) atoms. The topological polar surface area (TPSA) is 92.2 Å². The molecule has 0 saturated heterocycles. The van der Waals surface area contributed by atoms with Crippen molar-refractivity contribution in [3.63, 3.8) is 0 Å². The fourth-order valence-electron chi connectivity index (χ4n) is 4.19. The van der Waals surface area contributed by atoms with Crippen LogP contribution < -0.4 is 10.6 Å². The van der Waals surface area contributed by atoms with E-state index in [-0.39, 0.29) is 48.3 Å². The standard InChI is InChI=1S/C20H19BrF6N6O2/c21-16-14(22)13(2-5-28-16)30-18(35)32-6-3-12-11(9-32)15-19(23,24)4-1-10(8-33(15)31-12)7-29-17(34)20(25,26)27/h2,5,10H,1,3-4,6-9H2,(H,29,34)(H,28,30,35). The zero-order valence-electron chi connectivity index (χ0n) is 17.9. The van der Waals surface area contributed by atoms with Crippen LogP contribution in [0.25, 0.3) is 0 Å². The minimum atomic E-state index is -5.07. The van der Waals surface area contributed by atoms with Crippen LogP contribution in [0.15, 0.2) is 16.9 Å². The molecule has 0 saturated carbocycles. The molecule has 2 N–H and O–H groups in total. The molecule has 1 unspecified atom stereocenters. The second kappa shape index (κ2) is 9.32. The number of halogens is 7. The molecular weight excluding hydrogens is 550 g/mol. The summed E-state index contributed by atoms with van der Waals surface area (Å²) in [5.74, 6) is -6.95. The van der Waals surface area contributed by atoms with Gasteiger partial charge in [0, 0.05) is 44.2 Å². The van der Waals surface area contributed by atoms with Gasteiger partial charge in [0.25, 0.3) is 5.92 Å². The highest BCUT2D eigenvalue weighted by Crippen LogP contribution is 2.41. The fourth-order valence-corrected chi connectivity index (χ4v) is 4.53. The Hall–Kier alpha value is -2.84. The Morgan fingerprint density at radius 3 is 2.74 bits per heavy atom. The highest BCUT2D eigenvalue weighted by Gasteiger charge is 2.44. The van der Waals surface area contributed by atoms with Crippen molar-refractivity contribution in [1.29, 1.82) is 0 Å². The molecule has 15 heteroatoms. The second-order valence-corrected chi connectivity index (χ2v) is 9.09. The third-order valence-electron chi connectivity index (χ3n) is 5.93. The van der Waals surface area contributed by atoms with E-state index in [4.69, 9.17) is 0 Å². The van der Waals surface area contributed by atoms with Crippen LogP contribution in [0.4, 0.5) is 36.8 Å². The molecule has 190 valence electrons. The SMILES string of the molecule is O=C(Nc1ccnc(Br)c1F)N1CCc2nn3c(c2C1)C(F)(F)CCC(CNC(=O)C(F)(F)F)C3. The summed E-state index contributed by atoms with van der Waals surface area (Å²) < 4.78 is 82.7. The molecular formula is C20H19BrF6N6O2. The third-order valence-corrected chi connectivity index (χ3v) is 6.48. The van der Waals surface area contributed by atoms with Gasteiger partial charge in [0.15, 0.2) is 5.82 Å². The summed E-state index contributed by atoms with van der Waals surface area (Å²) >= 11 is 2.92. The Morgan fingerprint density at radius 2 is 2.03 bits per heavy atom. The van der Waals surface area contributed by atoms with Crippen LogP contribution in [-0.4, -0.2) is 50.9 Å². The summed E-state index contributed by atoms with van der Waals surface area (Å²) in [6.07, 6.45) is -4.41. The minimum absolute atomic E-state index is 0.0983. The highest BCUT2D eigenvalue weighted by atomic mass is 79.9. The number of alkyl halides is 5. The van der Waals surface area contributed by atoms with E-state index in [1.807, 2.05) is 0 Å². The number of carbonyl (C=O) groups is 2. The van der Waals surface area contributed by atoms with Gasteiger partial charge >= 0.3 is 18.1 Å². The van der Waals surface area contributed by atoms with Gasteiger partial charge in [-0.1, -0.05) is 0 Å². The largest absolute Gasteiger partial charge is 0.471 e. The zero-order valence-corrected chi connectivity index (χ0v) is 19.5. The van der Waals surface area contributed by atoms with Crippen LogP contribution in [0, 0.1) is 11.7 Å². The quantitative estimate of drug-likeness (QED) is 0.433. The molecule has 1 atom stereocenters. The molecule has 0 bridgehead atoms. The molecule has 0 spiro atoms. The maximum Gasteiger partial charge on any atom is 0.471 e. The first-order chi connectivity index (χ1) is 16.4. The number of carbonyl (C=O) groups excluding carboxylic acids is 2. The number of amides is 3. The highest BCUT2D eigenvalue weighted by molar-refractivity contribution is 9.10. The van der Waals surface area contributed by atoms with Crippen LogP contribution in [0.1, 0.15) is 29.8 Å². The van der Waals surface area contributed by atoms with Crippen molar-refractivity contribution in [2.75, 3.05) is 18.4 Å². The summed E-state index contributed by atoms with van der Waals surface area (Å²) in [5.41, 5.74) is -0.00707. The van der Waals surface area contributed by atoms with E-state index in [2.05, 4.69) is 31.3 Å². The minimum Gasteiger partial charge on any atom is -0.348 e. The van der Waals surface area contributed by atoms with Crippen LogP contribution in [0.2, 0.25) is 0 Å². The van der Waals surface area contributed by atoms with Gasteiger partial charge in [-0.2, -0.15) is 27.1 Å². The van der Waals surface area contributed by atoms with Crippen molar-refractivity contribution in [2.24, 2.45) is 5.92 Å². The molecule has 0 aromatic carbocycles. The van der Waals surface area contributed by atoms with Gasteiger partial charge in [-0.25, -0.2) is 14.2 Å². The molecule has 0 aliphatic carbocycles. The van der Waals surface area contributed by atoms with Crippen molar-refractivity contribution >= 4 is 33.6 Å². The first kappa shape index (κ1) is 25.3. The molecule has 3 amide bonds. The number of urea groups is 1. The van der Waals surface area contributed by atoms with Gasteiger partial charge in [-0.15, -0.1) is 0 Å². The van der Waals surface area contributed by atoms with E-state index in [0.29, 0.717) is 5.69 Å². The van der Waals surface area contributed by atoms with Gasteiger partial charge in [-0.3, -0.25) is 9.48 Å². The monoisotopic (exact) mass is 568 g/mol. The molecule has 2 aromatic rings. The molecule has 0 fully saturated rings. The number of fused-ring (bicyclic) bond motifs is 3. The lowest BCUT2D eigenvalue weighted by Gasteiger charge is -2.28. The second-order valence-electron chi connectivity index (χ2n) is 8.34. The number of pyridine rings is 1. The summed E-state index contributed by atoms with van der Waals surface area (Å²) in [6, 6.07) is 0.558. The maximum absolute atomic E-state index is 15.1. The maximum atomic E-state index is 15.1. The van der Waals surface area contributed by atoms with Crippen molar-refractivity contribution in [3.8, 4) is 0 Å². The van der Waals surface area contributed by atoms with Crippen LogP contribution in [0.3, 0.4) is 0 Å². The van der Waals surface area contributed by atoms with Gasteiger partial charge in [0.05, 0.1) is 17.9 Å². The Bertz CT molecular complexity index is 1150. The lowest BCUT2D eigenvalue weighted by Crippen LogP contribution is -2.40. The number of aromatic nitrogens is 3. The van der Waals surface area contributed by atoms with Crippen molar-refractivity contribution in [2.45, 2.75) is 44.5 Å². The summed E-state index contributed by atoms with van der Waals surface area (Å²) in [7, 11) is 0. The van der Waals surface area contributed by atoms with Gasteiger partial charge in [-0.05, 0) is 34.3 Å². The van der Waals surface area contributed by atoms with E-state index in [9.17, 15) is 27.2 Å². The number of nitrogens with zero attached hydrogens (tertiary/aromatic N) is 4.